The van der Waals surface area contributed by atoms with E-state index in [-0.39, 0.29) is 17.2 Å². The summed E-state index contributed by atoms with van der Waals surface area (Å²) in [4.78, 5) is 32.7. The maximum atomic E-state index is 13.6. The Hall–Kier alpha value is -3.41. The van der Waals surface area contributed by atoms with Gasteiger partial charge in [0.25, 0.3) is 5.56 Å². The summed E-state index contributed by atoms with van der Waals surface area (Å²) < 4.78 is 1.57. The molecule has 2 aromatic heterocycles. The first-order chi connectivity index (χ1) is 16.6. The number of nitrogens with one attached hydrogen (secondary N) is 1. The van der Waals surface area contributed by atoms with E-state index < -0.39 is 5.54 Å². The minimum Gasteiger partial charge on any atom is -0.337 e. The van der Waals surface area contributed by atoms with Crippen LogP contribution < -0.4 is 10.9 Å². The molecule has 2 aromatic carbocycles. The Bertz CT molecular complexity index is 1430. The fourth-order valence-electron chi connectivity index (χ4n) is 4.28. The van der Waals surface area contributed by atoms with Gasteiger partial charge in [0.2, 0.25) is 5.91 Å². The summed E-state index contributed by atoms with van der Waals surface area (Å²) in [6.45, 7) is 0. The highest BCUT2D eigenvalue weighted by Gasteiger charge is 2.35. The van der Waals surface area contributed by atoms with Gasteiger partial charge in [-0.2, -0.15) is 5.26 Å². The Labute approximate surface area is 205 Å². The van der Waals surface area contributed by atoms with E-state index in [4.69, 9.17) is 4.98 Å². The van der Waals surface area contributed by atoms with Crippen LogP contribution in [0.4, 0.5) is 0 Å². The van der Waals surface area contributed by atoms with Crippen molar-refractivity contribution < 1.29 is 4.79 Å². The van der Waals surface area contributed by atoms with Crippen molar-refractivity contribution >= 4 is 39.2 Å². The van der Waals surface area contributed by atoms with Crippen LogP contribution in [-0.2, 0) is 4.79 Å². The number of benzene rings is 2. The van der Waals surface area contributed by atoms with Gasteiger partial charge in [-0.1, -0.05) is 60.3 Å². The number of thiophene rings is 1. The molecule has 2 heterocycles. The molecule has 0 aliphatic heterocycles. The van der Waals surface area contributed by atoms with Crippen molar-refractivity contribution in [3.8, 4) is 22.2 Å². The van der Waals surface area contributed by atoms with Gasteiger partial charge in [-0.05, 0) is 49.4 Å². The van der Waals surface area contributed by atoms with Gasteiger partial charge in [-0.25, -0.2) is 4.98 Å². The van der Waals surface area contributed by atoms with Crippen molar-refractivity contribution in [3.05, 3.63) is 77.1 Å². The van der Waals surface area contributed by atoms with Crippen LogP contribution in [-0.4, -0.2) is 26.8 Å². The summed E-state index contributed by atoms with van der Waals surface area (Å²) in [6.07, 6.45) is 3.23. The number of thioether (sulfide) groups is 1. The van der Waals surface area contributed by atoms with Crippen LogP contribution in [0.3, 0.4) is 0 Å². The lowest BCUT2D eigenvalue weighted by molar-refractivity contribution is -0.119. The first-order valence-corrected chi connectivity index (χ1v) is 12.9. The first kappa shape index (κ1) is 22.4. The van der Waals surface area contributed by atoms with Crippen molar-refractivity contribution in [2.45, 2.75) is 36.4 Å². The molecule has 0 spiro atoms. The van der Waals surface area contributed by atoms with Crippen LogP contribution in [0, 0.1) is 11.3 Å². The predicted molar refractivity (Wildman–Crippen MR) is 136 cm³/mol. The average Bonchev–Trinajstić information content (AvgIpc) is 3.52. The van der Waals surface area contributed by atoms with E-state index in [0.717, 1.165) is 23.3 Å². The molecule has 5 rings (SSSR count). The van der Waals surface area contributed by atoms with Crippen LogP contribution >= 0.6 is 23.1 Å². The number of nitriles is 1. The third kappa shape index (κ3) is 4.37. The number of fused-ring (bicyclic) bond motifs is 1. The highest BCUT2D eigenvalue weighted by molar-refractivity contribution is 7.99. The number of carbonyl (C=O) groups excluding carboxylic acids is 1. The molecule has 0 bridgehead atoms. The van der Waals surface area contributed by atoms with Crippen molar-refractivity contribution in [2.75, 3.05) is 5.75 Å². The molecule has 1 fully saturated rings. The van der Waals surface area contributed by atoms with Gasteiger partial charge in [-0.3, -0.25) is 14.2 Å². The molecule has 170 valence electrons. The van der Waals surface area contributed by atoms with Crippen LogP contribution in [0.15, 0.2) is 76.7 Å². The van der Waals surface area contributed by atoms with Crippen molar-refractivity contribution in [1.82, 2.24) is 14.9 Å². The predicted octanol–water partition coefficient (Wildman–Crippen LogP) is 5.16. The molecule has 0 unspecified atom stereocenters. The zero-order chi connectivity index (χ0) is 23.5. The molecular weight excluding hydrogens is 464 g/mol. The zero-order valence-electron chi connectivity index (χ0n) is 18.4. The third-order valence-electron chi connectivity index (χ3n) is 5.99. The van der Waals surface area contributed by atoms with Gasteiger partial charge in [0.15, 0.2) is 5.16 Å². The third-order valence-corrected chi connectivity index (χ3v) is 8.01. The van der Waals surface area contributed by atoms with Gasteiger partial charge in [-0.15, -0.1) is 11.3 Å². The van der Waals surface area contributed by atoms with Crippen LogP contribution in [0.5, 0.6) is 0 Å². The lowest BCUT2D eigenvalue weighted by Gasteiger charge is -2.21. The molecule has 6 nitrogen and oxygen atoms in total. The number of carbonyl (C=O) groups is 1. The standard InChI is InChI=1S/C26H22N4O2S2/c27-17-26(13-7-8-14-26)29-22(31)16-33-25-28-23-20(15-21(34-23)18-9-3-1-4-10-18)24(32)30(25)19-11-5-2-6-12-19/h1-6,9-12,15H,7-8,13-14,16H2,(H,29,31). The van der Waals surface area contributed by atoms with Gasteiger partial charge < -0.3 is 5.32 Å². The summed E-state index contributed by atoms with van der Waals surface area (Å²) in [6, 6.07) is 23.4. The Kier molecular flexibility index (Phi) is 6.22. The van der Waals surface area contributed by atoms with Crippen LogP contribution in [0.25, 0.3) is 26.3 Å². The Balaban J connectivity index is 1.51. The number of amides is 1. The minimum absolute atomic E-state index is 0.0745. The molecule has 0 atom stereocenters. The molecule has 1 aliphatic carbocycles. The number of hydrogen-bond acceptors (Lipinski definition) is 6. The molecule has 1 N–H and O–H groups in total. The molecule has 1 aliphatic rings. The molecule has 8 heteroatoms. The number of aromatic nitrogens is 2. The van der Waals surface area contributed by atoms with Gasteiger partial charge >= 0.3 is 0 Å². The van der Waals surface area contributed by atoms with Gasteiger partial charge in [0.05, 0.1) is 22.9 Å². The van der Waals surface area contributed by atoms with Crippen molar-refractivity contribution in [1.29, 1.82) is 5.26 Å². The average molecular weight is 487 g/mol. The number of rotatable bonds is 6. The maximum absolute atomic E-state index is 13.6. The second-order valence-corrected chi connectivity index (χ2v) is 10.3. The number of hydrogen-bond donors (Lipinski definition) is 1. The monoisotopic (exact) mass is 486 g/mol. The lowest BCUT2D eigenvalue weighted by Crippen LogP contribution is -2.45. The van der Waals surface area contributed by atoms with Gasteiger partial charge in [0, 0.05) is 4.88 Å². The molecule has 34 heavy (non-hydrogen) atoms. The second-order valence-electron chi connectivity index (χ2n) is 8.30. The summed E-state index contributed by atoms with van der Waals surface area (Å²) >= 11 is 2.68. The van der Waals surface area contributed by atoms with E-state index in [1.165, 1.54) is 23.1 Å². The molecule has 1 amide bonds. The smallest absolute Gasteiger partial charge is 0.267 e. The zero-order valence-corrected chi connectivity index (χ0v) is 20.0. The van der Waals surface area contributed by atoms with Gasteiger partial charge in [0.1, 0.15) is 10.4 Å². The van der Waals surface area contributed by atoms with E-state index >= 15 is 0 Å². The summed E-state index contributed by atoms with van der Waals surface area (Å²) in [7, 11) is 0. The molecule has 1 saturated carbocycles. The maximum Gasteiger partial charge on any atom is 0.267 e. The number of para-hydroxylation sites is 1. The highest BCUT2D eigenvalue weighted by atomic mass is 32.2. The summed E-state index contributed by atoms with van der Waals surface area (Å²) in [5, 5.41) is 13.5. The highest BCUT2D eigenvalue weighted by Crippen LogP contribution is 2.33. The normalized spacial score (nSPS) is 14.7. The van der Waals surface area contributed by atoms with E-state index in [1.807, 2.05) is 66.7 Å². The Morgan fingerprint density at radius 3 is 2.47 bits per heavy atom. The molecule has 0 saturated heterocycles. The SMILES string of the molecule is N#CC1(NC(=O)CSc2nc3sc(-c4ccccc4)cc3c(=O)n2-c2ccccc2)CCCC1. The second kappa shape index (κ2) is 9.45. The summed E-state index contributed by atoms with van der Waals surface area (Å²) in [5.74, 6) is -0.149. The summed E-state index contributed by atoms with van der Waals surface area (Å²) in [5.41, 5.74) is 0.790. The Morgan fingerprint density at radius 2 is 1.79 bits per heavy atom. The first-order valence-electron chi connectivity index (χ1n) is 11.1. The van der Waals surface area contributed by atoms with E-state index in [0.29, 0.717) is 33.9 Å². The molecular formula is C26H22N4O2S2. The molecule has 4 aromatic rings. The quantitative estimate of drug-likeness (QED) is 0.300. The van der Waals surface area contributed by atoms with Crippen molar-refractivity contribution in [3.63, 3.8) is 0 Å². The fraction of sp³-hybridized carbons (Fsp3) is 0.231. The topological polar surface area (TPSA) is 87.8 Å². The van der Waals surface area contributed by atoms with E-state index in [9.17, 15) is 14.9 Å². The number of nitrogens with zero attached hydrogens (tertiary/aromatic N) is 3. The van der Waals surface area contributed by atoms with Crippen LogP contribution in [0.2, 0.25) is 0 Å². The molecule has 0 radical (unpaired) electrons. The minimum atomic E-state index is -0.771. The lowest BCUT2D eigenvalue weighted by atomic mass is 10.0. The van der Waals surface area contributed by atoms with E-state index in [1.54, 1.807) is 4.57 Å². The Morgan fingerprint density at radius 1 is 1.12 bits per heavy atom. The fourth-order valence-corrected chi connectivity index (χ4v) is 6.18. The largest absolute Gasteiger partial charge is 0.337 e. The van der Waals surface area contributed by atoms with Crippen LogP contribution in [0.1, 0.15) is 25.7 Å². The van der Waals surface area contributed by atoms with E-state index in [2.05, 4.69) is 11.4 Å². The van der Waals surface area contributed by atoms with Crippen molar-refractivity contribution in [2.24, 2.45) is 0 Å².